The smallest absolute Gasteiger partial charge is 0.158 e. The minimum Gasteiger partial charge on any atom is -0.350 e. The van der Waals surface area contributed by atoms with Crippen molar-refractivity contribution < 1.29 is 18.9 Å². The number of benzene rings is 2. The molecule has 2 aromatic rings. The van der Waals surface area contributed by atoms with Crippen molar-refractivity contribution >= 4 is 0 Å². The van der Waals surface area contributed by atoms with Gasteiger partial charge in [-0.2, -0.15) is 0 Å². The Balaban J connectivity index is 1.30. The monoisotopic (exact) mass is 354 g/mol. The molecule has 4 rings (SSSR count). The maximum atomic E-state index is 5.49. The SMILES string of the molecule is c1cc(-c2ccc(CCC3OCCO3)cc2)ccc1CCC1OCCO1. The lowest BCUT2D eigenvalue weighted by molar-refractivity contribution is -0.0464. The molecular weight excluding hydrogens is 328 g/mol. The summed E-state index contributed by atoms with van der Waals surface area (Å²) in [6.07, 6.45) is 3.75. The van der Waals surface area contributed by atoms with E-state index in [1.54, 1.807) is 0 Å². The summed E-state index contributed by atoms with van der Waals surface area (Å²) in [6, 6.07) is 17.6. The van der Waals surface area contributed by atoms with Crippen molar-refractivity contribution in [2.24, 2.45) is 0 Å². The Bertz CT molecular complexity index is 607. The molecule has 0 atom stereocenters. The summed E-state index contributed by atoms with van der Waals surface area (Å²) in [5.74, 6) is 0. The molecule has 0 spiro atoms. The van der Waals surface area contributed by atoms with Crippen LogP contribution in [0, 0.1) is 0 Å². The van der Waals surface area contributed by atoms with Gasteiger partial charge in [0.1, 0.15) is 0 Å². The first-order valence-electron chi connectivity index (χ1n) is 9.51. The predicted molar refractivity (Wildman–Crippen MR) is 99.9 cm³/mol. The van der Waals surface area contributed by atoms with Crippen molar-refractivity contribution in [3.8, 4) is 11.1 Å². The molecular formula is C22H26O4. The van der Waals surface area contributed by atoms with E-state index in [1.165, 1.54) is 22.3 Å². The number of hydrogen-bond acceptors (Lipinski definition) is 4. The van der Waals surface area contributed by atoms with Crippen molar-refractivity contribution in [3.05, 3.63) is 59.7 Å². The Morgan fingerprint density at radius 3 is 1.23 bits per heavy atom. The van der Waals surface area contributed by atoms with Crippen molar-refractivity contribution in [2.45, 2.75) is 38.3 Å². The van der Waals surface area contributed by atoms with Gasteiger partial charge in [0, 0.05) is 12.8 Å². The fourth-order valence-electron chi connectivity index (χ4n) is 3.44. The molecule has 0 unspecified atom stereocenters. The number of hydrogen-bond donors (Lipinski definition) is 0. The summed E-state index contributed by atoms with van der Waals surface area (Å²) >= 11 is 0. The quantitative estimate of drug-likeness (QED) is 0.754. The van der Waals surface area contributed by atoms with Gasteiger partial charge in [0.2, 0.25) is 0 Å². The molecule has 4 heteroatoms. The molecule has 26 heavy (non-hydrogen) atoms. The Morgan fingerprint density at radius 2 is 0.885 bits per heavy atom. The zero-order valence-electron chi connectivity index (χ0n) is 15.1. The number of aryl methyl sites for hydroxylation is 2. The zero-order valence-corrected chi connectivity index (χ0v) is 15.1. The van der Waals surface area contributed by atoms with Gasteiger partial charge >= 0.3 is 0 Å². The summed E-state index contributed by atoms with van der Waals surface area (Å²) in [4.78, 5) is 0. The lowest BCUT2D eigenvalue weighted by Gasteiger charge is -2.10. The van der Waals surface area contributed by atoms with Gasteiger partial charge in [0.15, 0.2) is 12.6 Å². The molecule has 138 valence electrons. The third-order valence-electron chi connectivity index (χ3n) is 4.96. The van der Waals surface area contributed by atoms with E-state index in [0.717, 1.165) is 52.1 Å². The molecule has 0 aromatic heterocycles. The summed E-state index contributed by atoms with van der Waals surface area (Å²) in [5.41, 5.74) is 5.13. The van der Waals surface area contributed by atoms with E-state index < -0.39 is 0 Å². The van der Waals surface area contributed by atoms with Crippen molar-refractivity contribution in [1.29, 1.82) is 0 Å². The molecule has 0 N–H and O–H groups in total. The maximum absolute atomic E-state index is 5.49. The van der Waals surface area contributed by atoms with Gasteiger partial charge in [-0.3, -0.25) is 0 Å². The highest BCUT2D eigenvalue weighted by Crippen LogP contribution is 2.22. The molecule has 2 heterocycles. The Labute approximate surface area is 155 Å². The fourth-order valence-corrected chi connectivity index (χ4v) is 3.44. The molecule has 0 amide bonds. The van der Waals surface area contributed by atoms with Crippen LogP contribution in [-0.2, 0) is 31.8 Å². The highest BCUT2D eigenvalue weighted by atomic mass is 16.7. The summed E-state index contributed by atoms with van der Waals surface area (Å²) < 4.78 is 22.0. The number of rotatable bonds is 7. The minimum atomic E-state index is -0.0257. The first-order valence-corrected chi connectivity index (χ1v) is 9.51. The van der Waals surface area contributed by atoms with Crippen LogP contribution in [0.4, 0.5) is 0 Å². The summed E-state index contributed by atoms with van der Waals surface area (Å²) in [5, 5.41) is 0. The minimum absolute atomic E-state index is 0.0257. The van der Waals surface area contributed by atoms with Crippen molar-refractivity contribution in [3.63, 3.8) is 0 Å². The highest BCUT2D eigenvalue weighted by Gasteiger charge is 2.16. The molecule has 2 aliphatic rings. The highest BCUT2D eigenvalue weighted by molar-refractivity contribution is 5.63. The van der Waals surface area contributed by atoms with Gasteiger partial charge in [-0.15, -0.1) is 0 Å². The third-order valence-corrected chi connectivity index (χ3v) is 4.96. The van der Waals surface area contributed by atoms with E-state index in [9.17, 15) is 0 Å². The van der Waals surface area contributed by atoms with Gasteiger partial charge in [-0.1, -0.05) is 48.5 Å². The summed E-state index contributed by atoms with van der Waals surface area (Å²) in [7, 11) is 0. The summed E-state index contributed by atoms with van der Waals surface area (Å²) in [6.45, 7) is 2.89. The molecule has 0 radical (unpaired) electrons. The molecule has 0 saturated carbocycles. The zero-order chi connectivity index (χ0) is 17.6. The molecule has 2 fully saturated rings. The van der Waals surface area contributed by atoms with Crippen LogP contribution in [-0.4, -0.2) is 39.0 Å². The largest absolute Gasteiger partial charge is 0.350 e. The van der Waals surface area contributed by atoms with E-state index in [-0.39, 0.29) is 12.6 Å². The van der Waals surface area contributed by atoms with Crippen LogP contribution < -0.4 is 0 Å². The van der Waals surface area contributed by atoms with Gasteiger partial charge in [-0.05, 0) is 35.1 Å². The van der Waals surface area contributed by atoms with E-state index in [0.29, 0.717) is 0 Å². The molecule has 2 aromatic carbocycles. The average molecular weight is 354 g/mol. The van der Waals surface area contributed by atoms with Gasteiger partial charge in [0.05, 0.1) is 26.4 Å². The Morgan fingerprint density at radius 1 is 0.538 bits per heavy atom. The second-order valence-electron chi connectivity index (χ2n) is 6.81. The molecule has 0 bridgehead atoms. The van der Waals surface area contributed by atoms with Crippen LogP contribution >= 0.6 is 0 Å². The Kier molecular flexibility index (Phi) is 5.97. The lowest BCUT2D eigenvalue weighted by Crippen LogP contribution is -2.08. The first-order chi connectivity index (χ1) is 12.9. The second-order valence-corrected chi connectivity index (χ2v) is 6.81. The van der Waals surface area contributed by atoms with Crippen LogP contribution in [0.25, 0.3) is 11.1 Å². The van der Waals surface area contributed by atoms with E-state index in [1.807, 2.05) is 0 Å². The van der Waals surface area contributed by atoms with Crippen LogP contribution in [0.3, 0.4) is 0 Å². The van der Waals surface area contributed by atoms with E-state index in [2.05, 4.69) is 48.5 Å². The van der Waals surface area contributed by atoms with E-state index in [4.69, 9.17) is 18.9 Å². The Hall–Kier alpha value is -1.72. The van der Waals surface area contributed by atoms with Crippen LogP contribution in [0.1, 0.15) is 24.0 Å². The van der Waals surface area contributed by atoms with Crippen LogP contribution in [0.5, 0.6) is 0 Å². The molecule has 4 nitrogen and oxygen atoms in total. The lowest BCUT2D eigenvalue weighted by atomic mass is 10.00. The average Bonchev–Trinajstić information content (AvgIpc) is 3.40. The van der Waals surface area contributed by atoms with Gasteiger partial charge in [0.25, 0.3) is 0 Å². The maximum Gasteiger partial charge on any atom is 0.158 e. The topological polar surface area (TPSA) is 36.9 Å². The fraction of sp³-hybridized carbons (Fsp3) is 0.455. The van der Waals surface area contributed by atoms with Crippen molar-refractivity contribution in [1.82, 2.24) is 0 Å². The normalized spacial score (nSPS) is 18.6. The van der Waals surface area contributed by atoms with Crippen molar-refractivity contribution in [2.75, 3.05) is 26.4 Å². The van der Waals surface area contributed by atoms with Gasteiger partial charge in [-0.25, -0.2) is 0 Å². The van der Waals surface area contributed by atoms with E-state index >= 15 is 0 Å². The molecule has 2 saturated heterocycles. The predicted octanol–water partition coefficient (Wildman–Crippen LogP) is 3.96. The molecule has 0 aliphatic carbocycles. The van der Waals surface area contributed by atoms with Crippen LogP contribution in [0.15, 0.2) is 48.5 Å². The molecule has 2 aliphatic heterocycles. The van der Waals surface area contributed by atoms with Crippen LogP contribution in [0.2, 0.25) is 0 Å². The van der Waals surface area contributed by atoms with Gasteiger partial charge < -0.3 is 18.9 Å². The third kappa shape index (κ3) is 4.71. The second kappa shape index (κ2) is 8.78. The number of ether oxygens (including phenoxy) is 4. The first kappa shape index (κ1) is 17.7. The standard InChI is InChI=1S/C22H26O4/c1-7-19(8-2-17(1)5-11-21-23-13-14-24-21)20-9-3-18(4-10-20)6-12-22-25-15-16-26-22/h1-4,7-10,21-22H,5-6,11-16H2.